The average Bonchev–Trinajstić information content (AvgIpc) is 2.65. The molecule has 0 radical (unpaired) electrons. The summed E-state index contributed by atoms with van der Waals surface area (Å²) in [6.07, 6.45) is 0. The Balaban J connectivity index is 2.14. The molecule has 2 aliphatic heterocycles. The first-order chi connectivity index (χ1) is 12.1. The topological polar surface area (TPSA) is 106 Å². The second-order valence-electron chi connectivity index (χ2n) is 5.33. The fourth-order valence-electron chi connectivity index (χ4n) is 2.77. The van der Waals surface area contributed by atoms with Crippen molar-refractivity contribution in [3.05, 3.63) is 35.0 Å². The third-order valence-corrected chi connectivity index (χ3v) is 3.93. The van der Waals surface area contributed by atoms with Crippen molar-refractivity contribution in [1.29, 1.82) is 0 Å². The van der Waals surface area contributed by atoms with Crippen LogP contribution >= 0.6 is 0 Å². The molecule has 25 heavy (non-hydrogen) atoms. The van der Waals surface area contributed by atoms with Crippen LogP contribution in [0.3, 0.4) is 0 Å². The molecular weight excluding hydrogens is 330 g/mol. The fraction of sp³-hybridized carbons (Fsp3) is 0.312. The number of rotatable bonds is 3. The molecular formula is C16H17N3O6. The van der Waals surface area contributed by atoms with E-state index in [0.717, 1.165) is 5.56 Å². The van der Waals surface area contributed by atoms with Crippen molar-refractivity contribution in [2.45, 2.75) is 6.54 Å². The maximum atomic E-state index is 12.3. The lowest BCUT2D eigenvalue weighted by atomic mass is 10.1. The molecule has 1 aromatic rings. The van der Waals surface area contributed by atoms with Crippen molar-refractivity contribution in [2.75, 3.05) is 37.8 Å². The van der Waals surface area contributed by atoms with Gasteiger partial charge < -0.3 is 29.7 Å². The molecule has 2 N–H and O–H groups in total. The first-order valence-electron chi connectivity index (χ1n) is 7.48. The van der Waals surface area contributed by atoms with Crippen molar-refractivity contribution in [3.8, 4) is 0 Å². The molecule has 0 saturated carbocycles. The number of carbonyl (C=O) groups is 3. The van der Waals surface area contributed by atoms with Crippen LogP contribution in [-0.2, 0) is 30.3 Å². The molecule has 0 unspecified atom stereocenters. The van der Waals surface area contributed by atoms with E-state index in [2.05, 4.69) is 10.6 Å². The molecule has 0 fully saturated rings. The van der Waals surface area contributed by atoms with E-state index in [0.29, 0.717) is 17.9 Å². The van der Waals surface area contributed by atoms with E-state index in [9.17, 15) is 14.4 Å². The number of nitrogens with one attached hydrogen (secondary N) is 2. The van der Waals surface area contributed by atoms with Gasteiger partial charge in [0.05, 0.1) is 37.8 Å². The predicted octanol–water partition coefficient (Wildman–Crippen LogP) is 0.716. The summed E-state index contributed by atoms with van der Waals surface area (Å²) in [5.74, 6) is -1.37. The molecule has 1 aromatic carbocycles. The second kappa shape index (κ2) is 6.81. The lowest BCUT2D eigenvalue weighted by Gasteiger charge is -2.34. The fourth-order valence-corrected chi connectivity index (χ4v) is 2.77. The third kappa shape index (κ3) is 3.01. The highest BCUT2D eigenvalue weighted by atomic mass is 16.5. The summed E-state index contributed by atoms with van der Waals surface area (Å²) in [5.41, 5.74) is 1.99. The summed E-state index contributed by atoms with van der Waals surface area (Å²) in [6, 6.07) is 5.00. The molecule has 132 valence electrons. The van der Waals surface area contributed by atoms with E-state index in [4.69, 9.17) is 14.2 Å². The van der Waals surface area contributed by atoms with Crippen LogP contribution in [0.2, 0.25) is 0 Å². The van der Waals surface area contributed by atoms with Crippen molar-refractivity contribution in [1.82, 2.24) is 5.32 Å². The summed E-state index contributed by atoms with van der Waals surface area (Å²) in [4.78, 5) is 37.6. The van der Waals surface area contributed by atoms with Crippen LogP contribution in [0.1, 0.15) is 5.56 Å². The van der Waals surface area contributed by atoms with Gasteiger partial charge in [0.2, 0.25) is 0 Å². The lowest BCUT2D eigenvalue weighted by Crippen LogP contribution is -2.40. The molecule has 0 atom stereocenters. The van der Waals surface area contributed by atoms with Gasteiger partial charge >= 0.3 is 18.0 Å². The Morgan fingerprint density at radius 3 is 2.68 bits per heavy atom. The number of nitrogens with zero attached hydrogens (tertiary/aromatic N) is 1. The van der Waals surface area contributed by atoms with Gasteiger partial charge in [-0.2, -0.15) is 0 Å². The molecule has 9 nitrogen and oxygen atoms in total. The summed E-state index contributed by atoms with van der Waals surface area (Å²) >= 11 is 0. The van der Waals surface area contributed by atoms with Crippen LogP contribution in [0.5, 0.6) is 0 Å². The second-order valence-corrected chi connectivity index (χ2v) is 5.33. The quantitative estimate of drug-likeness (QED) is 0.776. The van der Waals surface area contributed by atoms with Crippen LogP contribution < -0.4 is 15.5 Å². The largest absolute Gasteiger partial charge is 0.466 e. The first-order valence-corrected chi connectivity index (χ1v) is 7.48. The molecule has 9 heteroatoms. The Hall–Kier alpha value is -3.07. The minimum absolute atomic E-state index is 0.0185. The van der Waals surface area contributed by atoms with Gasteiger partial charge in [-0.25, -0.2) is 14.4 Å². The van der Waals surface area contributed by atoms with E-state index in [1.54, 1.807) is 12.1 Å². The molecule has 3 rings (SSSR count). The predicted molar refractivity (Wildman–Crippen MR) is 86.7 cm³/mol. The standard InChI is InChI=1S/C16H17N3O6/c1-23-14(20)10-7-25-8-19(13(10)15(21)24-2)11-5-3-4-9-6-17-16(22)18-12(9)11/h3-5H,6-8H2,1-2H3,(H2,17,18,22). The number of methoxy groups -OCH3 is 2. The Bertz CT molecular complexity index is 773. The van der Waals surface area contributed by atoms with E-state index in [-0.39, 0.29) is 30.6 Å². The molecule has 0 bridgehead atoms. The number of hydrogen-bond acceptors (Lipinski definition) is 7. The van der Waals surface area contributed by atoms with Crippen LogP contribution in [-0.4, -0.2) is 45.5 Å². The number of carbonyl (C=O) groups excluding carboxylic acids is 3. The van der Waals surface area contributed by atoms with Crippen LogP contribution in [0.25, 0.3) is 0 Å². The van der Waals surface area contributed by atoms with E-state index < -0.39 is 11.9 Å². The van der Waals surface area contributed by atoms with Crippen molar-refractivity contribution < 1.29 is 28.6 Å². The zero-order valence-electron chi connectivity index (χ0n) is 13.8. The summed E-state index contributed by atoms with van der Waals surface area (Å²) < 4.78 is 15.0. The molecule has 0 aromatic heterocycles. The van der Waals surface area contributed by atoms with Crippen LogP contribution in [0.4, 0.5) is 16.2 Å². The minimum atomic E-state index is -0.693. The van der Waals surface area contributed by atoms with E-state index in [1.807, 2.05) is 6.07 Å². The number of urea groups is 1. The molecule has 0 spiro atoms. The van der Waals surface area contributed by atoms with Gasteiger partial charge in [0.15, 0.2) is 0 Å². The Kier molecular flexibility index (Phi) is 4.57. The Morgan fingerprint density at radius 2 is 1.96 bits per heavy atom. The maximum absolute atomic E-state index is 12.3. The van der Waals surface area contributed by atoms with Gasteiger partial charge in [-0.1, -0.05) is 12.1 Å². The molecule has 0 aliphatic carbocycles. The van der Waals surface area contributed by atoms with Crippen molar-refractivity contribution in [2.24, 2.45) is 0 Å². The number of amides is 2. The highest BCUT2D eigenvalue weighted by molar-refractivity contribution is 6.05. The molecule has 2 amide bonds. The zero-order valence-corrected chi connectivity index (χ0v) is 13.8. The number of benzene rings is 1. The highest BCUT2D eigenvalue weighted by Crippen LogP contribution is 2.36. The monoisotopic (exact) mass is 347 g/mol. The third-order valence-electron chi connectivity index (χ3n) is 3.93. The van der Waals surface area contributed by atoms with Crippen molar-refractivity contribution in [3.63, 3.8) is 0 Å². The summed E-state index contributed by atoms with van der Waals surface area (Å²) in [5, 5.41) is 5.40. The average molecular weight is 347 g/mol. The van der Waals surface area contributed by atoms with E-state index >= 15 is 0 Å². The Labute approximate surface area is 143 Å². The lowest BCUT2D eigenvalue weighted by molar-refractivity contribution is -0.140. The summed E-state index contributed by atoms with van der Waals surface area (Å²) in [6.45, 7) is 0.298. The van der Waals surface area contributed by atoms with Crippen LogP contribution in [0.15, 0.2) is 29.5 Å². The number of hydrogen-bond donors (Lipinski definition) is 2. The SMILES string of the molecule is COC(=O)C1=C(C(=O)OC)N(c2cccc3c2NC(=O)NC3)COC1. The normalized spacial score (nSPS) is 16.6. The first kappa shape index (κ1) is 16.8. The van der Waals surface area contributed by atoms with Crippen LogP contribution in [0, 0.1) is 0 Å². The maximum Gasteiger partial charge on any atom is 0.355 e. The van der Waals surface area contributed by atoms with Gasteiger partial charge in [-0.15, -0.1) is 0 Å². The molecule has 0 saturated heterocycles. The van der Waals surface area contributed by atoms with Gasteiger partial charge in [0.1, 0.15) is 12.4 Å². The molecule has 2 heterocycles. The highest BCUT2D eigenvalue weighted by Gasteiger charge is 2.34. The van der Waals surface area contributed by atoms with Crippen molar-refractivity contribution >= 4 is 29.3 Å². The number of fused-ring (bicyclic) bond motifs is 1. The van der Waals surface area contributed by atoms with Gasteiger partial charge in [0, 0.05) is 6.54 Å². The van der Waals surface area contributed by atoms with Gasteiger partial charge in [-0.3, -0.25) is 0 Å². The summed E-state index contributed by atoms with van der Waals surface area (Å²) in [7, 11) is 2.45. The zero-order chi connectivity index (χ0) is 18.0. The number of para-hydroxylation sites is 1. The smallest absolute Gasteiger partial charge is 0.355 e. The number of anilines is 2. The van der Waals surface area contributed by atoms with E-state index in [1.165, 1.54) is 19.1 Å². The van der Waals surface area contributed by atoms with Gasteiger partial charge in [-0.05, 0) is 11.6 Å². The minimum Gasteiger partial charge on any atom is -0.466 e. The van der Waals surface area contributed by atoms with Gasteiger partial charge in [0.25, 0.3) is 0 Å². The Morgan fingerprint density at radius 1 is 1.20 bits per heavy atom. The molecule has 2 aliphatic rings. The number of ether oxygens (including phenoxy) is 3. The number of esters is 2.